The van der Waals surface area contributed by atoms with Crippen molar-refractivity contribution < 1.29 is 13.9 Å². The molecule has 0 aliphatic carbocycles. The van der Waals surface area contributed by atoms with Crippen LogP contribution in [0.3, 0.4) is 0 Å². The van der Waals surface area contributed by atoms with E-state index in [1.165, 1.54) is 12.5 Å². The smallest absolute Gasteiger partial charge is 0.227 e. The summed E-state index contributed by atoms with van der Waals surface area (Å²) in [6.07, 6.45) is 0.865. The van der Waals surface area contributed by atoms with Gasteiger partial charge < -0.3 is 9.47 Å². The van der Waals surface area contributed by atoms with Crippen LogP contribution in [-0.4, -0.2) is 18.0 Å². The van der Waals surface area contributed by atoms with Gasteiger partial charge in [0.25, 0.3) is 0 Å². The average Bonchev–Trinajstić information content (AvgIpc) is 3.08. The number of hydrogen-bond acceptors (Lipinski definition) is 4. The van der Waals surface area contributed by atoms with Gasteiger partial charge in [-0.15, -0.1) is 0 Å². The summed E-state index contributed by atoms with van der Waals surface area (Å²) >= 11 is 1.62. The summed E-state index contributed by atoms with van der Waals surface area (Å²) in [7, 11) is 0. The topological polar surface area (TPSA) is 21.7 Å². The number of benzene rings is 1. The van der Waals surface area contributed by atoms with Crippen molar-refractivity contribution in [1.82, 2.24) is 4.90 Å². The predicted molar refractivity (Wildman–Crippen MR) is 97.1 cm³/mol. The third-order valence-corrected chi connectivity index (χ3v) is 5.68. The third-order valence-electron chi connectivity index (χ3n) is 4.98. The van der Waals surface area contributed by atoms with Gasteiger partial charge in [-0.2, -0.15) is 11.3 Å². The van der Waals surface area contributed by atoms with E-state index >= 15 is 0 Å². The minimum absolute atomic E-state index is 0.215. The maximum absolute atomic E-state index is 14.1. The van der Waals surface area contributed by atoms with Crippen molar-refractivity contribution in [2.45, 2.75) is 39.7 Å². The molecule has 3 atom stereocenters. The normalized spacial score (nSPS) is 26.9. The number of fused-ring (bicyclic) bond motifs is 1. The molecule has 0 spiro atoms. The predicted octanol–water partition coefficient (Wildman–Crippen LogP) is 4.97. The lowest BCUT2D eigenvalue weighted by Crippen LogP contribution is -2.38. The van der Waals surface area contributed by atoms with E-state index in [2.05, 4.69) is 18.7 Å². The molecule has 1 fully saturated rings. The van der Waals surface area contributed by atoms with Gasteiger partial charge >= 0.3 is 0 Å². The standard InChI is InChI=1S/C20H24FNO2S/c1-13-5-14(2)9-22(8-13)10-16-6-18(21)7-17-11-23-20(24-19(16)17)15-3-4-25-12-15/h3-4,6-7,12-14,20H,5,8-11H2,1-2H3/t13-,14-,20-/m1/s1. The Balaban J connectivity index is 1.59. The molecule has 0 amide bonds. The molecule has 0 unspecified atom stereocenters. The molecule has 1 aromatic carbocycles. The first-order valence-electron chi connectivity index (χ1n) is 8.92. The minimum Gasteiger partial charge on any atom is -0.460 e. The lowest BCUT2D eigenvalue weighted by molar-refractivity contribution is -0.112. The second-order valence-corrected chi connectivity index (χ2v) is 8.29. The molecule has 5 heteroatoms. The second-order valence-electron chi connectivity index (χ2n) is 7.51. The van der Waals surface area contributed by atoms with Gasteiger partial charge in [-0.25, -0.2) is 4.39 Å². The van der Waals surface area contributed by atoms with Crippen molar-refractivity contribution in [2.75, 3.05) is 13.1 Å². The molecule has 3 nitrogen and oxygen atoms in total. The lowest BCUT2D eigenvalue weighted by Gasteiger charge is -2.36. The SMILES string of the molecule is C[C@@H]1C[C@@H](C)CN(Cc2cc(F)cc3c2O[C@H](c2ccsc2)OC3)C1. The molecule has 25 heavy (non-hydrogen) atoms. The van der Waals surface area contributed by atoms with Gasteiger partial charge in [0.1, 0.15) is 11.6 Å². The molecule has 0 N–H and O–H groups in total. The van der Waals surface area contributed by atoms with E-state index in [4.69, 9.17) is 9.47 Å². The summed E-state index contributed by atoms with van der Waals surface area (Å²) in [5, 5.41) is 4.05. The van der Waals surface area contributed by atoms with Gasteiger partial charge in [-0.05, 0) is 41.8 Å². The van der Waals surface area contributed by atoms with Crippen molar-refractivity contribution in [3.8, 4) is 5.75 Å². The summed E-state index contributed by atoms with van der Waals surface area (Å²) in [6, 6.07) is 5.17. The van der Waals surface area contributed by atoms with Gasteiger partial charge in [0.15, 0.2) is 0 Å². The molecule has 0 bridgehead atoms. The third kappa shape index (κ3) is 3.73. The molecule has 4 rings (SSSR count). The maximum Gasteiger partial charge on any atom is 0.227 e. The Hall–Kier alpha value is -1.43. The van der Waals surface area contributed by atoms with E-state index in [9.17, 15) is 4.39 Å². The molecule has 0 radical (unpaired) electrons. The quantitative estimate of drug-likeness (QED) is 0.770. The molecule has 134 valence electrons. The number of rotatable bonds is 3. The van der Waals surface area contributed by atoms with Crippen molar-refractivity contribution >= 4 is 11.3 Å². The highest BCUT2D eigenvalue weighted by Crippen LogP contribution is 2.38. The maximum atomic E-state index is 14.1. The number of ether oxygens (including phenoxy) is 2. The summed E-state index contributed by atoms with van der Waals surface area (Å²) in [5.74, 6) is 1.94. The van der Waals surface area contributed by atoms with E-state index < -0.39 is 6.29 Å². The monoisotopic (exact) mass is 361 g/mol. The number of hydrogen-bond donors (Lipinski definition) is 0. The Bertz CT molecular complexity index is 724. The largest absolute Gasteiger partial charge is 0.460 e. The van der Waals surface area contributed by atoms with E-state index in [0.717, 1.165) is 42.1 Å². The molecular weight excluding hydrogens is 337 g/mol. The van der Waals surface area contributed by atoms with Gasteiger partial charge in [0, 0.05) is 41.7 Å². The minimum atomic E-state index is -0.401. The van der Waals surface area contributed by atoms with Crippen molar-refractivity contribution in [3.63, 3.8) is 0 Å². The van der Waals surface area contributed by atoms with Crippen LogP contribution in [0.4, 0.5) is 4.39 Å². The Labute approximate surface area is 152 Å². The zero-order chi connectivity index (χ0) is 17.4. The van der Waals surface area contributed by atoms with Crippen LogP contribution < -0.4 is 4.74 Å². The van der Waals surface area contributed by atoms with Gasteiger partial charge in [0.05, 0.1) is 6.61 Å². The number of likely N-dealkylation sites (tertiary alicyclic amines) is 1. The average molecular weight is 361 g/mol. The van der Waals surface area contributed by atoms with Crippen LogP contribution in [-0.2, 0) is 17.9 Å². The first-order chi connectivity index (χ1) is 12.1. The fourth-order valence-electron chi connectivity index (χ4n) is 4.13. The fourth-order valence-corrected chi connectivity index (χ4v) is 4.79. The van der Waals surface area contributed by atoms with E-state index in [1.54, 1.807) is 17.4 Å². The fraction of sp³-hybridized carbons (Fsp3) is 0.500. The summed E-state index contributed by atoms with van der Waals surface area (Å²) < 4.78 is 26.0. The van der Waals surface area contributed by atoms with Crippen LogP contribution >= 0.6 is 11.3 Å². The summed E-state index contributed by atoms with van der Waals surface area (Å²) in [4.78, 5) is 2.42. The molecule has 2 aliphatic heterocycles. The lowest BCUT2D eigenvalue weighted by atomic mass is 9.91. The molecule has 2 aromatic rings. The Morgan fingerprint density at radius 1 is 1.24 bits per heavy atom. The van der Waals surface area contributed by atoms with Crippen LogP contribution in [0.15, 0.2) is 29.0 Å². The van der Waals surface area contributed by atoms with Crippen molar-refractivity contribution in [2.24, 2.45) is 11.8 Å². The van der Waals surface area contributed by atoms with Gasteiger partial charge in [-0.3, -0.25) is 4.90 Å². The van der Waals surface area contributed by atoms with Crippen LogP contribution in [0.1, 0.15) is 43.2 Å². The van der Waals surface area contributed by atoms with Gasteiger partial charge in [-0.1, -0.05) is 13.8 Å². The molecule has 1 aromatic heterocycles. The Morgan fingerprint density at radius 3 is 2.76 bits per heavy atom. The molecule has 3 heterocycles. The number of piperidine rings is 1. The number of halogens is 1. The molecular formula is C20H24FNO2S. The van der Waals surface area contributed by atoms with Gasteiger partial charge in [0.2, 0.25) is 6.29 Å². The first kappa shape index (κ1) is 17.0. The highest BCUT2D eigenvalue weighted by atomic mass is 32.1. The highest BCUT2D eigenvalue weighted by molar-refractivity contribution is 7.07. The van der Waals surface area contributed by atoms with Crippen molar-refractivity contribution in [3.05, 3.63) is 51.5 Å². The zero-order valence-corrected chi connectivity index (χ0v) is 15.5. The van der Waals surface area contributed by atoms with Crippen LogP contribution in [0.5, 0.6) is 5.75 Å². The summed E-state index contributed by atoms with van der Waals surface area (Å²) in [6.45, 7) is 7.81. The van der Waals surface area contributed by atoms with E-state index in [1.807, 2.05) is 16.8 Å². The highest BCUT2D eigenvalue weighted by Gasteiger charge is 2.28. The number of thiophene rings is 1. The van der Waals surface area contributed by atoms with E-state index in [-0.39, 0.29) is 5.82 Å². The van der Waals surface area contributed by atoms with Crippen LogP contribution in [0, 0.1) is 17.7 Å². The molecule has 2 aliphatic rings. The van der Waals surface area contributed by atoms with E-state index in [0.29, 0.717) is 18.4 Å². The van der Waals surface area contributed by atoms with Crippen molar-refractivity contribution in [1.29, 1.82) is 0 Å². The Kier molecular flexibility index (Phi) is 4.80. The molecule has 1 saturated heterocycles. The first-order valence-corrected chi connectivity index (χ1v) is 9.86. The Morgan fingerprint density at radius 2 is 2.04 bits per heavy atom. The number of nitrogens with zero attached hydrogens (tertiary/aromatic N) is 1. The summed E-state index contributed by atoms with van der Waals surface area (Å²) in [5.41, 5.74) is 2.76. The van der Waals surface area contributed by atoms with Crippen LogP contribution in [0.25, 0.3) is 0 Å². The second kappa shape index (κ2) is 7.06. The molecule has 0 saturated carbocycles. The van der Waals surface area contributed by atoms with Crippen LogP contribution in [0.2, 0.25) is 0 Å². The zero-order valence-electron chi connectivity index (χ0n) is 14.7.